The van der Waals surface area contributed by atoms with Crippen molar-refractivity contribution in [3.05, 3.63) is 58.9 Å². The maximum atomic E-state index is 12.6. The highest BCUT2D eigenvalue weighted by atomic mass is 32.2. The minimum Gasteiger partial charge on any atom is -0.315 e. The number of nitro groups is 1. The van der Waals surface area contributed by atoms with Crippen molar-refractivity contribution >= 4 is 29.0 Å². The fourth-order valence-electron chi connectivity index (χ4n) is 2.70. The Morgan fingerprint density at radius 1 is 1.17 bits per heavy atom. The highest BCUT2D eigenvalue weighted by Gasteiger charge is 2.18. The van der Waals surface area contributed by atoms with Gasteiger partial charge in [0.15, 0.2) is 11.0 Å². The monoisotopic (exact) mass is 412 g/mol. The summed E-state index contributed by atoms with van der Waals surface area (Å²) in [6.07, 6.45) is 4.31. The van der Waals surface area contributed by atoms with Crippen LogP contribution in [-0.2, 0) is 11.3 Å². The van der Waals surface area contributed by atoms with Crippen molar-refractivity contribution in [2.75, 3.05) is 17.7 Å². The molecule has 0 spiro atoms. The molecule has 29 heavy (non-hydrogen) atoms. The molecule has 0 bridgehead atoms. The maximum Gasteiger partial charge on any atom is 0.269 e. The van der Waals surface area contributed by atoms with Crippen LogP contribution in [0.2, 0.25) is 0 Å². The molecule has 150 valence electrons. The molecule has 0 aliphatic heterocycles. The van der Waals surface area contributed by atoms with E-state index in [0.717, 1.165) is 24.4 Å². The summed E-state index contributed by atoms with van der Waals surface area (Å²) in [6.45, 7) is 2.80. The zero-order valence-corrected chi connectivity index (χ0v) is 16.9. The number of aromatic nitrogens is 4. The van der Waals surface area contributed by atoms with Crippen molar-refractivity contribution in [1.29, 1.82) is 0 Å². The Morgan fingerprint density at radius 3 is 2.48 bits per heavy atom. The zero-order valence-electron chi connectivity index (χ0n) is 16.1. The number of benzene rings is 1. The van der Waals surface area contributed by atoms with Gasteiger partial charge in [-0.05, 0) is 30.7 Å². The van der Waals surface area contributed by atoms with Crippen LogP contribution in [0.5, 0.6) is 0 Å². The summed E-state index contributed by atoms with van der Waals surface area (Å²) in [5.74, 6) is 0.777. The molecule has 2 heterocycles. The van der Waals surface area contributed by atoms with Crippen molar-refractivity contribution in [3.8, 4) is 11.4 Å². The number of thioether (sulfide) groups is 1. The normalized spacial score (nSPS) is 10.7. The average Bonchev–Trinajstić information content (AvgIpc) is 3.15. The molecule has 2 aromatic heterocycles. The van der Waals surface area contributed by atoms with Crippen LogP contribution in [0.25, 0.3) is 11.4 Å². The van der Waals surface area contributed by atoms with Crippen molar-refractivity contribution < 1.29 is 9.72 Å². The van der Waals surface area contributed by atoms with Gasteiger partial charge in [0.2, 0.25) is 5.91 Å². The van der Waals surface area contributed by atoms with E-state index < -0.39 is 4.92 Å². The molecule has 0 aliphatic carbocycles. The van der Waals surface area contributed by atoms with Gasteiger partial charge in [0.1, 0.15) is 0 Å². The minimum absolute atomic E-state index is 0.0136. The Labute approximate surface area is 171 Å². The number of carbonyl (C=O) groups is 1. The Morgan fingerprint density at radius 2 is 1.86 bits per heavy atom. The summed E-state index contributed by atoms with van der Waals surface area (Å²) in [5, 5.41) is 20.0. The van der Waals surface area contributed by atoms with E-state index in [9.17, 15) is 14.9 Å². The lowest BCUT2D eigenvalue weighted by Gasteiger charge is -2.17. The predicted molar refractivity (Wildman–Crippen MR) is 111 cm³/mol. The second-order valence-electron chi connectivity index (χ2n) is 6.21. The van der Waals surface area contributed by atoms with Crippen molar-refractivity contribution in [2.45, 2.75) is 25.0 Å². The molecular weight excluding hydrogens is 392 g/mol. The Bertz CT molecular complexity index is 991. The summed E-state index contributed by atoms with van der Waals surface area (Å²) >= 11 is 1.32. The van der Waals surface area contributed by atoms with Gasteiger partial charge in [-0.15, -0.1) is 10.2 Å². The van der Waals surface area contributed by atoms with Crippen molar-refractivity contribution in [3.63, 3.8) is 0 Å². The van der Waals surface area contributed by atoms with E-state index in [1.807, 2.05) is 16.7 Å². The van der Waals surface area contributed by atoms with Crippen LogP contribution in [0.4, 0.5) is 11.4 Å². The molecule has 0 saturated heterocycles. The third kappa shape index (κ3) is 4.77. The first-order valence-corrected chi connectivity index (χ1v) is 9.97. The first-order valence-electron chi connectivity index (χ1n) is 8.98. The molecular formula is C19H20N6O3S. The third-order valence-corrected chi connectivity index (χ3v) is 5.20. The summed E-state index contributed by atoms with van der Waals surface area (Å²) in [6, 6.07) is 9.62. The van der Waals surface area contributed by atoms with Crippen LogP contribution in [0.3, 0.4) is 0 Å². The molecule has 0 unspecified atom stereocenters. The summed E-state index contributed by atoms with van der Waals surface area (Å²) in [4.78, 5) is 28.4. The van der Waals surface area contributed by atoms with E-state index in [1.165, 1.54) is 28.8 Å². The molecule has 3 rings (SSSR count). The summed E-state index contributed by atoms with van der Waals surface area (Å²) in [5.41, 5.74) is 1.50. The van der Waals surface area contributed by atoms with E-state index in [1.54, 1.807) is 31.6 Å². The minimum atomic E-state index is -0.470. The van der Waals surface area contributed by atoms with Gasteiger partial charge in [-0.3, -0.25) is 19.9 Å². The van der Waals surface area contributed by atoms with Crippen LogP contribution < -0.4 is 4.90 Å². The second-order valence-corrected chi connectivity index (χ2v) is 7.15. The number of pyridine rings is 1. The van der Waals surface area contributed by atoms with Gasteiger partial charge in [-0.1, -0.05) is 18.7 Å². The quantitative estimate of drug-likeness (QED) is 0.317. The largest absolute Gasteiger partial charge is 0.315 e. The maximum absolute atomic E-state index is 12.6. The zero-order chi connectivity index (χ0) is 20.8. The fraction of sp³-hybridized carbons (Fsp3) is 0.263. The number of amides is 1. The van der Waals surface area contributed by atoms with E-state index in [4.69, 9.17) is 0 Å². The first-order chi connectivity index (χ1) is 14.0. The number of rotatable bonds is 8. The molecule has 0 aliphatic rings. The van der Waals surface area contributed by atoms with Gasteiger partial charge < -0.3 is 9.47 Å². The lowest BCUT2D eigenvalue weighted by atomic mass is 10.2. The predicted octanol–water partition coefficient (Wildman–Crippen LogP) is 3.41. The van der Waals surface area contributed by atoms with Gasteiger partial charge >= 0.3 is 0 Å². The molecule has 0 atom stereocenters. The van der Waals surface area contributed by atoms with Gasteiger partial charge in [-0.25, -0.2) is 0 Å². The number of non-ortho nitro benzene ring substituents is 1. The Hall–Kier alpha value is -3.27. The molecule has 9 nitrogen and oxygen atoms in total. The van der Waals surface area contributed by atoms with Crippen LogP contribution in [-0.4, -0.2) is 43.4 Å². The van der Waals surface area contributed by atoms with E-state index >= 15 is 0 Å². The number of hydrogen-bond donors (Lipinski definition) is 0. The Kier molecular flexibility index (Phi) is 6.55. The number of carbonyl (C=O) groups excluding carboxylic acids is 1. The standard InChI is InChI=1S/C19H20N6O3S/c1-3-12-24-18(14-8-10-20-11-9-14)21-22-19(24)29-13-17(26)23(2)15-4-6-16(7-5-15)25(27)28/h4-11H,3,12-13H2,1-2H3. The van der Waals surface area contributed by atoms with Crippen LogP contribution in [0.1, 0.15) is 13.3 Å². The van der Waals surface area contributed by atoms with Crippen LogP contribution in [0.15, 0.2) is 53.9 Å². The SMILES string of the molecule is CCCn1c(SCC(=O)N(C)c2ccc([N+](=O)[O-])cc2)nnc1-c1ccncc1. The Balaban J connectivity index is 1.71. The lowest BCUT2D eigenvalue weighted by molar-refractivity contribution is -0.384. The topological polar surface area (TPSA) is 107 Å². The average molecular weight is 412 g/mol. The summed E-state index contributed by atoms with van der Waals surface area (Å²) in [7, 11) is 1.64. The number of hydrogen-bond acceptors (Lipinski definition) is 7. The first kappa shape index (κ1) is 20.5. The molecule has 1 amide bonds. The number of anilines is 1. The van der Waals surface area contributed by atoms with Crippen molar-refractivity contribution in [2.24, 2.45) is 0 Å². The molecule has 1 aromatic carbocycles. The molecule has 0 N–H and O–H groups in total. The fourth-order valence-corrected chi connectivity index (χ4v) is 3.58. The highest BCUT2D eigenvalue weighted by molar-refractivity contribution is 7.99. The van der Waals surface area contributed by atoms with Gasteiger partial charge in [-0.2, -0.15) is 0 Å². The van der Waals surface area contributed by atoms with Gasteiger partial charge in [0.05, 0.1) is 10.7 Å². The summed E-state index contributed by atoms with van der Waals surface area (Å²) < 4.78 is 2.00. The molecule has 0 fully saturated rings. The third-order valence-electron chi connectivity index (χ3n) is 4.25. The highest BCUT2D eigenvalue weighted by Crippen LogP contribution is 2.25. The second kappa shape index (κ2) is 9.28. The van der Waals surface area contributed by atoms with Crippen LogP contribution in [0, 0.1) is 10.1 Å². The smallest absolute Gasteiger partial charge is 0.269 e. The van der Waals surface area contributed by atoms with Crippen molar-refractivity contribution in [1.82, 2.24) is 19.7 Å². The van der Waals surface area contributed by atoms with E-state index in [2.05, 4.69) is 22.1 Å². The molecule has 0 radical (unpaired) electrons. The lowest BCUT2D eigenvalue weighted by Crippen LogP contribution is -2.28. The van der Waals surface area contributed by atoms with Crippen LogP contribution >= 0.6 is 11.8 Å². The van der Waals surface area contributed by atoms with Gasteiger partial charge in [0.25, 0.3) is 5.69 Å². The molecule has 0 saturated carbocycles. The number of nitro benzene ring substituents is 1. The molecule has 10 heteroatoms. The number of nitrogens with zero attached hydrogens (tertiary/aromatic N) is 6. The van der Waals surface area contributed by atoms with E-state index in [0.29, 0.717) is 10.8 Å². The van der Waals surface area contributed by atoms with E-state index in [-0.39, 0.29) is 17.3 Å². The molecule has 3 aromatic rings. The van der Waals surface area contributed by atoms with Gasteiger partial charge in [0, 0.05) is 49.4 Å².